The summed E-state index contributed by atoms with van der Waals surface area (Å²) >= 11 is 0. The average Bonchev–Trinajstić information content (AvgIpc) is 3.40. The quantitative estimate of drug-likeness (QED) is 0.245. The van der Waals surface area contributed by atoms with Crippen LogP contribution in [-0.4, -0.2) is 34.1 Å². The molecule has 4 aromatic carbocycles. The topological polar surface area (TPSA) is 67.0 Å². The number of benzene rings is 4. The van der Waals surface area contributed by atoms with Gasteiger partial charge in [-0.25, -0.2) is 0 Å². The van der Waals surface area contributed by atoms with Gasteiger partial charge in [0, 0.05) is 13.1 Å². The monoisotopic (exact) mass is 511 g/mol. The van der Waals surface area contributed by atoms with Gasteiger partial charge in [-0.2, -0.15) is 5.26 Å². The van der Waals surface area contributed by atoms with Crippen molar-refractivity contribution in [3.63, 3.8) is 0 Å². The van der Waals surface area contributed by atoms with Gasteiger partial charge in [0.15, 0.2) is 0 Å². The van der Waals surface area contributed by atoms with Gasteiger partial charge >= 0.3 is 0 Å². The molecule has 0 aliphatic rings. The lowest BCUT2D eigenvalue weighted by atomic mass is 9.95. The zero-order valence-corrected chi connectivity index (χ0v) is 22.1. The number of para-hydroxylation sites is 1. The highest BCUT2D eigenvalue weighted by molar-refractivity contribution is 6.32. The van der Waals surface area contributed by atoms with E-state index in [0.29, 0.717) is 18.7 Å². The Kier molecular flexibility index (Phi) is 8.47. The number of hydrogen-bond acceptors (Lipinski definition) is 5. The summed E-state index contributed by atoms with van der Waals surface area (Å²) in [5.74, 6) is 2.55. The molecule has 0 amide bonds. The van der Waals surface area contributed by atoms with Gasteiger partial charge in [-0.15, -0.1) is 10.2 Å². The first-order chi connectivity index (χ1) is 19.1. The van der Waals surface area contributed by atoms with Gasteiger partial charge in [-0.3, -0.25) is 4.90 Å². The third-order valence-corrected chi connectivity index (χ3v) is 6.64. The zero-order chi connectivity index (χ0) is 26.9. The van der Waals surface area contributed by atoms with Crippen molar-refractivity contribution < 1.29 is 4.74 Å². The van der Waals surface area contributed by atoms with E-state index in [-0.39, 0.29) is 0 Å². The summed E-state index contributed by atoms with van der Waals surface area (Å²) in [7, 11) is 2.11. The first kappa shape index (κ1) is 26.0. The summed E-state index contributed by atoms with van der Waals surface area (Å²) in [5, 5.41) is 17.8. The van der Waals surface area contributed by atoms with Crippen LogP contribution in [0.25, 0.3) is 0 Å². The number of rotatable bonds is 11. The second kappa shape index (κ2) is 12.7. The molecule has 7 heteroatoms. The van der Waals surface area contributed by atoms with Crippen LogP contribution in [-0.2, 0) is 26.1 Å². The molecule has 5 aromatic rings. The number of nitrogens with zero attached hydrogens (tertiary/aromatic N) is 5. The van der Waals surface area contributed by atoms with E-state index in [4.69, 9.17) is 10.00 Å². The summed E-state index contributed by atoms with van der Waals surface area (Å²) in [5.41, 5.74) is 5.55. The minimum atomic E-state index is 0.658. The van der Waals surface area contributed by atoms with Crippen LogP contribution in [0.1, 0.15) is 28.1 Å². The summed E-state index contributed by atoms with van der Waals surface area (Å²) in [6, 6.07) is 36.7. The van der Waals surface area contributed by atoms with Crippen molar-refractivity contribution in [1.29, 1.82) is 5.26 Å². The van der Waals surface area contributed by atoms with Crippen molar-refractivity contribution >= 4 is 13.3 Å². The molecule has 0 atom stereocenters. The van der Waals surface area contributed by atoms with E-state index in [1.165, 1.54) is 16.6 Å². The van der Waals surface area contributed by atoms with Gasteiger partial charge in [0.25, 0.3) is 0 Å². The molecule has 0 spiro atoms. The van der Waals surface area contributed by atoms with E-state index in [2.05, 4.69) is 70.0 Å². The van der Waals surface area contributed by atoms with Crippen LogP contribution in [0.3, 0.4) is 0 Å². The first-order valence-corrected chi connectivity index (χ1v) is 13.1. The molecular formula is C32H30BN5O. The molecule has 6 nitrogen and oxygen atoms in total. The van der Waals surface area contributed by atoms with E-state index in [0.717, 1.165) is 42.4 Å². The molecule has 0 saturated carbocycles. The fourth-order valence-corrected chi connectivity index (χ4v) is 4.42. The van der Waals surface area contributed by atoms with Crippen molar-refractivity contribution in [2.24, 2.45) is 0 Å². The van der Waals surface area contributed by atoms with Gasteiger partial charge in [0.2, 0.25) is 0 Å². The lowest BCUT2D eigenvalue weighted by Gasteiger charge is -2.23. The molecule has 1 aromatic heterocycles. The lowest BCUT2D eigenvalue weighted by molar-refractivity contribution is 0.250. The normalized spacial score (nSPS) is 10.9. The highest BCUT2D eigenvalue weighted by Crippen LogP contribution is 2.22. The maximum absolute atomic E-state index is 9.09. The molecule has 5 rings (SSSR count). The van der Waals surface area contributed by atoms with Crippen LogP contribution in [0.15, 0.2) is 109 Å². The summed E-state index contributed by atoms with van der Waals surface area (Å²) in [6.07, 6.45) is 2.72. The van der Waals surface area contributed by atoms with Gasteiger partial charge < -0.3 is 9.30 Å². The number of ether oxygens (including phenoxy) is 1. The Hall–Kier alpha value is -4.67. The van der Waals surface area contributed by atoms with Crippen LogP contribution in [0.5, 0.6) is 11.5 Å². The Morgan fingerprint density at radius 3 is 2.15 bits per heavy atom. The Morgan fingerprint density at radius 1 is 0.769 bits per heavy atom. The van der Waals surface area contributed by atoms with E-state index in [1.807, 2.05) is 66.7 Å². The summed E-state index contributed by atoms with van der Waals surface area (Å²) in [6.45, 7) is 2.99. The van der Waals surface area contributed by atoms with E-state index in [1.54, 1.807) is 6.33 Å². The Balaban J connectivity index is 1.29. The van der Waals surface area contributed by atoms with Gasteiger partial charge in [-0.1, -0.05) is 72.2 Å². The molecule has 0 aliphatic carbocycles. The Bertz CT molecular complexity index is 1510. The standard InChI is InChI=1S/C32H30BN5O/c33-29-14-10-25(11-15-29)18-19-37(21-27-12-16-31(17-13-27)39-30-4-2-1-3-5-30)23-32-36-35-24-38(32)22-28-8-6-26(20-34)7-9-28/h1-17,24H,18-19,21-23,33H2. The van der Waals surface area contributed by atoms with Gasteiger partial charge in [0.05, 0.1) is 24.7 Å². The SMILES string of the molecule is Bc1ccc(CCN(Cc2ccc(Oc3ccccc3)cc2)Cc2nncn2Cc2ccc(C#N)cc2)cc1. The number of aromatic nitrogens is 3. The minimum Gasteiger partial charge on any atom is -0.457 e. The van der Waals surface area contributed by atoms with Crippen LogP contribution in [0.4, 0.5) is 0 Å². The largest absolute Gasteiger partial charge is 0.457 e. The highest BCUT2D eigenvalue weighted by Gasteiger charge is 2.13. The van der Waals surface area contributed by atoms with E-state index in [9.17, 15) is 0 Å². The molecule has 1 heterocycles. The van der Waals surface area contributed by atoms with E-state index >= 15 is 0 Å². The molecule has 0 saturated heterocycles. The third kappa shape index (κ3) is 7.44. The van der Waals surface area contributed by atoms with Crippen molar-refractivity contribution in [3.8, 4) is 17.6 Å². The fourth-order valence-electron chi connectivity index (χ4n) is 4.42. The Morgan fingerprint density at radius 2 is 1.44 bits per heavy atom. The smallest absolute Gasteiger partial charge is 0.147 e. The van der Waals surface area contributed by atoms with E-state index < -0.39 is 0 Å². The number of hydrogen-bond donors (Lipinski definition) is 0. The van der Waals surface area contributed by atoms with Crippen molar-refractivity contribution in [2.45, 2.75) is 26.1 Å². The molecule has 0 N–H and O–H groups in total. The van der Waals surface area contributed by atoms with Crippen LogP contribution >= 0.6 is 0 Å². The average molecular weight is 511 g/mol. The maximum atomic E-state index is 9.09. The summed E-state index contributed by atoms with van der Waals surface area (Å²) in [4.78, 5) is 2.41. The summed E-state index contributed by atoms with van der Waals surface area (Å²) < 4.78 is 8.05. The van der Waals surface area contributed by atoms with Crippen molar-refractivity contribution in [1.82, 2.24) is 19.7 Å². The second-order valence-corrected chi connectivity index (χ2v) is 9.69. The Labute approximate surface area is 230 Å². The molecule has 0 radical (unpaired) electrons. The second-order valence-electron chi connectivity index (χ2n) is 9.69. The van der Waals surface area contributed by atoms with Gasteiger partial charge in [0.1, 0.15) is 31.5 Å². The van der Waals surface area contributed by atoms with Crippen LogP contribution < -0.4 is 10.2 Å². The zero-order valence-electron chi connectivity index (χ0n) is 22.1. The first-order valence-electron chi connectivity index (χ1n) is 13.1. The molecule has 39 heavy (non-hydrogen) atoms. The molecule has 0 aliphatic heterocycles. The molecule has 192 valence electrons. The van der Waals surface area contributed by atoms with Crippen molar-refractivity contribution in [3.05, 3.63) is 138 Å². The molecule has 0 bridgehead atoms. The predicted octanol–water partition coefficient (Wildman–Crippen LogP) is 4.49. The van der Waals surface area contributed by atoms with Crippen LogP contribution in [0, 0.1) is 11.3 Å². The molecular weight excluding hydrogens is 481 g/mol. The fraction of sp³-hybridized carbons (Fsp3) is 0.156. The van der Waals surface area contributed by atoms with Crippen LogP contribution in [0.2, 0.25) is 0 Å². The molecule has 0 fully saturated rings. The van der Waals surface area contributed by atoms with Crippen molar-refractivity contribution in [2.75, 3.05) is 6.54 Å². The minimum absolute atomic E-state index is 0.658. The maximum Gasteiger partial charge on any atom is 0.147 e. The highest BCUT2D eigenvalue weighted by atomic mass is 16.5. The van der Waals surface area contributed by atoms with Gasteiger partial charge in [-0.05, 0) is 59.5 Å². The number of nitriles is 1. The molecule has 0 unspecified atom stereocenters. The third-order valence-electron chi connectivity index (χ3n) is 6.64. The predicted molar refractivity (Wildman–Crippen MR) is 156 cm³/mol. The lowest BCUT2D eigenvalue weighted by Crippen LogP contribution is -2.27.